The molecule has 0 aliphatic rings. The molecule has 0 aliphatic heterocycles. The van der Waals surface area contributed by atoms with Gasteiger partial charge in [-0.05, 0) is 12.8 Å². The molecule has 1 N–H and O–H groups in total. The molecule has 0 radical (unpaired) electrons. The number of rotatable bonds is 6. The summed E-state index contributed by atoms with van der Waals surface area (Å²) in [5.74, 6) is 0. The Morgan fingerprint density at radius 2 is 2.27 bits per heavy atom. The summed E-state index contributed by atoms with van der Waals surface area (Å²) < 4.78 is 0. The van der Waals surface area contributed by atoms with Crippen LogP contribution in [0.3, 0.4) is 0 Å². The molecule has 0 amide bonds. The third kappa shape index (κ3) is 5.64. The van der Waals surface area contributed by atoms with Gasteiger partial charge in [-0.25, -0.2) is 0 Å². The number of unbranched alkanes of at least 4 members (excludes halogenated alkanes) is 2. The SMILES string of the molecule is C=CCC(CCCCC)=NO. The second-order valence-electron chi connectivity index (χ2n) is 2.62. The molecule has 0 unspecified atom stereocenters. The summed E-state index contributed by atoms with van der Waals surface area (Å²) in [5.41, 5.74) is 0.841. The van der Waals surface area contributed by atoms with Gasteiger partial charge in [0.15, 0.2) is 0 Å². The predicted molar refractivity (Wildman–Crippen MR) is 48.2 cm³/mol. The van der Waals surface area contributed by atoms with Gasteiger partial charge in [-0.15, -0.1) is 6.58 Å². The van der Waals surface area contributed by atoms with Crippen molar-refractivity contribution in [3.05, 3.63) is 12.7 Å². The molecule has 0 atom stereocenters. The highest BCUT2D eigenvalue weighted by molar-refractivity contribution is 5.85. The molecule has 64 valence electrons. The lowest BCUT2D eigenvalue weighted by atomic mass is 10.1. The zero-order valence-corrected chi connectivity index (χ0v) is 7.21. The van der Waals surface area contributed by atoms with Crippen LogP contribution in [-0.2, 0) is 0 Å². The number of hydrogen-bond acceptors (Lipinski definition) is 2. The van der Waals surface area contributed by atoms with Crippen molar-refractivity contribution in [2.75, 3.05) is 0 Å². The molecule has 0 heterocycles. The van der Waals surface area contributed by atoms with Crippen molar-refractivity contribution in [1.29, 1.82) is 0 Å². The van der Waals surface area contributed by atoms with E-state index < -0.39 is 0 Å². The number of hydrogen-bond donors (Lipinski definition) is 1. The molecule has 2 nitrogen and oxygen atoms in total. The average molecular weight is 155 g/mol. The van der Waals surface area contributed by atoms with Crippen molar-refractivity contribution in [2.24, 2.45) is 5.16 Å². The van der Waals surface area contributed by atoms with E-state index in [0.717, 1.165) is 18.6 Å². The van der Waals surface area contributed by atoms with Crippen LogP contribution in [0.5, 0.6) is 0 Å². The van der Waals surface area contributed by atoms with Crippen LogP contribution in [0.4, 0.5) is 0 Å². The Morgan fingerprint density at radius 1 is 1.55 bits per heavy atom. The van der Waals surface area contributed by atoms with Crippen molar-refractivity contribution < 1.29 is 5.21 Å². The third-order valence-electron chi connectivity index (χ3n) is 1.59. The van der Waals surface area contributed by atoms with Crippen molar-refractivity contribution in [3.8, 4) is 0 Å². The van der Waals surface area contributed by atoms with Crippen LogP contribution in [0.25, 0.3) is 0 Å². The molecule has 0 aromatic carbocycles. The summed E-state index contributed by atoms with van der Waals surface area (Å²) in [4.78, 5) is 0. The quantitative estimate of drug-likeness (QED) is 0.206. The van der Waals surface area contributed by atoms with Gasteiger partial charge < -0.3 is 5.21 Å². The fourth-order valence-electron chi connectivity index (χ4n) is 0.939. The van der Waals surface area contributed by atoms with Crippen molar-refractivity contribution >= 4 is 5.71 Å². The number of allylic oxidation sites excluding steroid dienone is 1. The minimum Gasteiger partial charge on any atom is -0.411 e. The molecule has 0 spiro atoms. The standard InChI is InChI=1S/C9H17NO/c1-3-5-6-8-9(10-11)7-4-2/h4,11H,2-3,5-8H2,1H3. The average Bonchev–Trinajstić information content (AvgIpc) is 2.03. The summed E-state index contributed by atoms with van der Waals surface area (Å²) in [5, 5.41) is 11.7. The van der Waals surface area contributed by atoms with E-state index in [1.165, 1.54) is 12.8 Å². The Labute approximate surface area is 68.6 Å². The topological polar surface area (TPSA) is 32.6 Å². The Hall–Kier alpha value is -0.790. The zero-order chi connectivity index (χ0) is 8.53. The first-order valence-corrected chi connectivity index (χ1v) is 4.15. The van der Waals surface area contributed by atoms with Crippen LogP contribution in [-0.4, -0.2) is 10.9 Å². The zero-order valence-electron chi connectivity index (χ0n) is 7.21. The van der Waals surface area contributed by atoms with E-state index in [2.05, 4.69) is 18.7 Å². The second-order valence-corrected chi connectivity index (χ2v) is 2.62. The van der Waals surface area contributed by atoms with E-state index in [1.807, 2.05) is 0 Å². The highest BCUT2D eigenvalue weighted by Gasteiger charge is 1.96. The minimum atomic E-state index is 0.709. The highest BCUT2D eigenvalue weighted by Crippen LogP contribution is 2.03. The number of oxime groups is 1. The van der Waals surface area contributed by atoms with Crippen LogP contribution >= 0.6 is 0 Å². The summed E-state index contributed by atoms with van der Waals surface area (Å²) in [6.45, 7) is 5.74. The van der Waals surface area contributed by atoms with Gasteiger partial charge in [-0.1, -0.05) is 31.0 Å². The molecule has 0 rings (SSSR count). The van der Waals surface area contributed by atoms with Crippen LogP contribution in [0.15, 0.2) is 17.8 Å². The minimum absolute atomic E-state index is 0.709. The first-order valence-electron chi connectivity index (χ1n) is 4.15. The predicted octanol–water partition coefficient (Wildman–Crippen LogP) is 2.97. The Balaban J connectivity index is 3.45. The summed E-state index contributed by atoms with van der Waals surface area (Å²) in [6.07, 6.45) is 6.89. The van der Waals surface area contributed by atoms with Crippen molar-refractivity contribution in [2.45, 2.75) is 39.0 Å². The van der Waals surface area contributed by atoms with E-state index >= 15 is 0 Å². The van der Waals surface area contributed by atoms with Crippen molar-refractivity contribution in [3.63, 3.8) is 0 Å². The highest BCUT2D eigenvalue weighted by atomic mass is 16.4. The normalized spacial score (nSPS) is 11.5. The molecule has 0 aromatic rings. The molecular weight excluding hydrogens is 138 g/mol. The molecule has 0 aliphatic carbocycles. The third-order valence-corrected chi connectivity index (χ3v) is 1.59. The van der Waals surface area contributed by atoms with E-state index in [0.29, 0.717) is 6.42 Å². The molecule has 2 heteroatoms. The van der Waals surface area contributed by atoms with Crippen LogP contribution in [0.1, 0.15) is 39.0 Å². The maximum absolute atomic E-state index is 8.50. The van der Waals surface area contributed by atoms with Gasteiger partial charge in [-0.3, -0.25) is 0 Å². The summed E-state index contributed by atoms with van der Waals surface area (Å²) in [6, 6.07) is 0. The van der Waals surface area contributed by atoms with E-state index in [4.69, 9.17) is 5.21 Å². The van der Waals surface area contributed by atoms with Crippen LogP contribution in [0.2, 0.25) is 0 Å². The fourth-order valence-corrected chi connectivity index (χ4v) is 0.939. The fraction of sp³-hybridized carbons (Fsp3) is 0.667. The molecule has 0 aromatic heterocycles. The van der Waals surface area contributed by atoms with Gasteiger partial charge >= 0.3 is 0 Å². The maximum atomic E-state index is 8.50. The van der Waals surface area contributed by atoms with E-state index in [-0.39, 0.29) is 0 Å². The van der Waals surface area contributed by atoms with Crippen LogP contribution in [0, 0.1) is 0 Å². The lowest BCUT2D eigenvalue weighted by Gasteiger charge is -1.98. The first kappa shape index (κ1) is 10.2. The Morgan fingerprint density at radius 3 is 2.73 bits per heavy atom. The lowest BCUT2D eigenvalue weighted by Crippen LogP contribution is -1.96. The molecule has 0 fully saturated rings. The van der Waals surface area contributed by atoms with Crippen LogP contribution < -0.4 is 0 Å². The van der Waals surface area contributed by atoms with Gasteiger partial charge in [0, 0.05) is 6.42 Å². The Kier molecular flexibility index (Phi) is 6.79. The van der Waals surface area contributed by atoms with E-state index in [1.54, 1.807) is 6.08 Å². The second kappa shape index (κ2) is 7.32. The van der Waals surface area contributed by atoms with E-state index in [9.17, 15) is 0 Å². The largest absolute Gasteiger partial charge is 0.411 e. The maximum Gasteiger partial charge on any atom is 0.0608 e. The van der Waals surface area contributed by atoms with Gasteiger partial charge in [0.05, 0.1) is 5.71 Å². The smallest absolute Gasteiger partial charge is 0.0608 e. The summed E-state index contributed by atoms with van der Waals surface area (Å²) >= 11 is 0. The van der Waals surface area contributed by atoms with Crippen molar-refractivity contribution in [1.82, 2.24) is 0 Å². The molecule has 11 heavy (non-hydrogen) atoms. The monoisotopic (exact) mass is 155 g/mol. The molecule has 0 bridgehead atoms. The molecular formula is C9H17NO. The number of nitrogens with zero attached hydrogens (tertiary/aromatic N) is 1. The lowest BCUT2D eigenvalue weighted by molar-refractivity contribution is 0.316. The van der Waals surface area contributed by atoms with Gasteiger partial charge in [-0.2, -0.15) is 0 Å². The van der Waals surface area contributed by atoms with Gasteiger partial charge in [0.2, 0.25) is 0 Å². The molecule has 0 saturated carbocycles. The van der Waals surface area contributed by atoms with Gasteiger partial charge in [0.25, 0.3) is 0 Å². The molecule has 0 saturated heterocycles. The van der Waals surface area contributed by atoms with Gasteiger partial charge in [0.1, 0.15) is 0 Å². The summed E-state index contributed by atoms with van der Waals surface area (Å²) in [7, 11) is 0. The Bertz CT molecular complexity index is 130. The first-order chi connectivity index (χ1) is 5.35.